The lowest BCUT2D eigenvalue weighted by Gasteiger charge is -2.11. The zero-order valence-corrected chi connectivity index (χ0v) is 18.2. The van der Waals surface area contributed by atoms with Gasteiger partial charge in [-0.05, 0) is 71.7 Å². The SMILES string of the molecule is C=Cc1c(/C=C\Cc2ccccc2C)ccc(/C=C\C)c1/C=C/c1ccccc1C. The Morgan fingerprint density at radius 1 is 0.667 bits per heavy atom. The Balaban J connectivity index is 1.98. The van der Waals surface area contributed by atoms with Crippen LogP contribution in [0.1, 0.15) is 51.4 Å². The second-order valence-electron chi connectivity index (χ2n) is 7.50. The Hall–Kier alpha value is -3.38. The second kappa shape index (κ2) is 10.4. The molecule has 3 aromatic rings. The minimum Gasteiger partial charge on any atom is -0.0984 e. The van der Waals surface area contributed by atoms with Crippen LogP contribution in [0.5, 0.6) is 0 Å². The maximum absolute atomic E-state index is 4.11. The highest BCUT2D eigenvalue weighted by Crippen LogP contribution is 2.26. The fourth-order valence-corrected chi connectivity index (χ4v) is 3.65. The van der Waals surface area contributed by atoms with Crippen LogP contribution in [0.25, 0.3) is 30.4 Å². The summed E-state index contributed by atoms with van der Waals surface area (Å²) < 4.78 is 0. The fourth-order valence-electron chi connectivity index (χ4n) is 3.65. The van der Waals surface area contributed by atoms with Gasteiger partial charge in [0.05, 0.1) is 0 Å². The lowest BCUT2D eigenvalue weighted by atomic mass is 9.93. The van der Waals surface area contributed by atoms with Crippen molar-refractivity contribution in [1.82, 2.24) is 0 Å². The molecule has 0 aliphatic heterocycles. The molecule has 150 valence electrons. The summed E-state index contributed by atoms with van der Waals surface area (Å²) in [5.41, 5.74) is 9.95. The third-order valence-corrected chi connectivity index (χ3v) is 5.42. The van der Waals surface area contributed by atoms with Gasteiger partial charge >= 0.3 is 0 Å². The third-order valence-electron chi connectivity index (χ3n) is 5.42. The van der Waals surface area contributed by atoms with Crippen LogP contribution in [0.4, 0.5) is 0 Å². The molecule has 0 heterocycles. The van der Waals surface area contributed by atoms with Crippen molar-refractivity contribution in [2.75, 3.05) is 0 Å². The summed E-state index contributed by atoms with van der Waals surface area (Å²) in [6.07, 6.45) is 16.0. The summed E-state index contributed by atoms with van der Waals surface area (Å²) in [5.74, 6) is 0. The molecule has 3 rings (SSSR count). The van der Waals surface area contributed by atoms with Crippen molar-refractivity contribution < 1.29 is 0 Å². The first-order valence-corrected chi connectivity index (χ1v) is 10.5. The smallest absolute Gasteiger partial charge is 0.00915 e. The van der Waals surface area contributed by atoms with Crippen LogP contribution < -0.4 is 0 Å². The molecule has 0 heteroatoms. The zero-order valence-electron chi connectivity index (χ0n) is 18.2. The number of aryl methyl sites for hydroxylation is 2. The highest BCUT2D eigenvalue weighted by Gasteiger charge is 2.06. The van der Waals surface area contributed by atoms with Crippen molar-refractivity contribution in [3.05, 3.63) is 124 Å². The van der Waals surface area contributed by atoms with Crippen LogP contribution in [0, 0.1) is 13.8 Å². The van der Waals surface area contributed by atoms with E-state index in [-0.39, 0.29) is 0 Å². The molecule has 0 aliphatic rings. The van der Waals surface area contributed by atoms with Crippen molar-refractivity contribution in [3.63, 3.8) is 0 Å². The maximum Gasteiger partial charge on any atom is -0.00915 e. The molecular weight excluding hydrogens is 360 g/mol. The molecular formula is C30H30. The molecule has 0 N–H and O–H groups in total. The molecule has 0 unspecified atom stereocenters. The van der Waals surface area contributed by atoms with Crippen LogP contribution in [-0.4, -0.2) is 0 Å². The minimum absolute atomic E-state index is 0.925. The molecule has 0 nitrogen and oxygen atoms in total. The van der Waals surface area contributed by atoms with E-state index >= 15 is 0 Å². The standard InChI is InChI=1S/C30H30/c1-5-12-27-19-20-28(18-11-17-25-15-9-7-13-23(25)3)29(6-2)30(27)22-21-26-16-10-8-14-24(26)4/h5-16,18-22H,2,17H2,1,3-4H3/b12-5-,18-11-,22-21+. The van der Waals surface area contributed by atoms with E-state index in [1.807, 2.05) is 6.08 Å². The number of hydrogen-bond donors (Lipinski definition) is 0. The van der Waals surface area contributed by atoms with E-state index in [1.165, 1.54) is 38.9 Å². The van der Waals surface area contributed by atoms with Crippen molar-refractivity contribution >= 4 is 30.4 Å². The van der Waals surface area contributed by atoms with E-state index < -0.39 is 0 Å². The Kier molecular flexibility index (Phi) is 7.40. The van der Waals surface area contributed by atoms with Gasteiger partial charge in [-0.2, -0.15) is 0 Å². The van der Waals surface area contributed by atoms with Crippen LogP contribution in [0.2, 0.25) is 0 Å². The Bertz CT molecular complexity index is 1110. The molecule has 3 aromatic carbocycles. The average Bonchev–Trinajstić information content (AvgIpc) is 2.75. The predicted molar refractivity (Wildman–Crippen MR) is 135 cm³/mol. The van der Waals surface area contributed by atoms with Gasteiger partial charge in [0, 0.05) is 0 Å². The van der Waals surface area contributed by atoms with Crippen molar-refractivity contribution in [2.45, 2.75) is 27.2 Å². The largest absolute Gasteiger partial charge is 0.0984 e. The van der Waals surface area contributed by atoms with Crippen LogP contribution in [0.15, 0.2) is 79.4 Å². The Labute approximate surface area is 181 Å². The van der Waals surface area contributed by atoms with Crippen LogP contribution in [0.3, 0.4) is 0 Å². The van der Waals surface area contributed by atoms with Crippen LogP contribution in [-0.2, 0) is 6.42 Å². The number of allylic oxidation sites excluding steroid dienone is 2. The predicted octanol–water partition coefficient (Wildman–Crippen LogP) is 8.41. The summed E-state index contributed by atoms with van der Waals surface area (Å²) in [7, 11) is 0. The molecule has 0 saturated heterocycles. The fraction of sp³-hybridized carbons (Fsp3) is 0.133. The van der Waals surface area contributed by atoms with E-state index in [9.17, 15) is 0 Å². The first-order chi connectivity index (χ1) is 14.6. The first kappa shape index (κ1) is 21.3. The van der Waals surface area contributed by atoms with Gasteiger partial charge in [0.25, 0.3) is 0 Å². The topological polar surface area (TPSA) is 0 Å². The van der Waals surface area contributed by atoms with Gasteiger partial charge < -0.3 is 0 Å². The second-order valence-corrected chi connectivity index (χ2v) is 7.50. The number of hydrogen-bond acceptors (Lipinski definition) is 0. The summed E-state index contributed by atoms with van der Waals surface area (Å²) in [4.78, 5) is 0. The Morgan fingerprint density at radius 2 is 1.33 bits per heavy atom. The molecule has 0 aliphatic carbocycles. The molecule has 0 aromatic heterocycles. The van der Waals surface area contributed by atoms with Crippen LogP contribution >= 0.6 is 0 Å². The van der Waals surface area contributed by atoms with Gasteiger partial charge in [-0.1, -0.05) is 110 Å². The molecule has 0 amide bonds. The average molecular weight is 391 g/mol. The normalized spacial score (nSPS) is 11.7. The minimum atomic E-state index is 0.925. The zero-order chi connectivity index (χ0) is 21.3. The monoisotopic (exact) mass is 390 g/mol. The summed E-state index contributed by atoms with van der Waals surface area (Å²) in [5, 5.41) is 0. The highest BCUT2D eigenvalue weighted by atomic mass is 14.1. The summed E-state index contributed by atoms with van der Waals surface area (Å²) in [6.45, 7) is 10.5. The van der Waals surface area contributed by atoms with E-state index in [4.69, 9.17) is 0 Å². The van der Waals surface area contributed by atoms with Gasteiger partial charge in [-0.15, -0.1) is 0 Å². The third kappa shape index (κ3) is 5.15. The van der Waals surface area contributed by atoms with E-state index in [0.717, 1.165) is 12.0 Å². The quantitative estimate of drug-likeness (QED) is 0.355. The van der Waals surface area contributed by atoms with E-state index in [0.29, 0.717) is 0 Å². The van der Waals surface area contributed by atoms with Gasteiger partial charge in [0.15, 0.2) is 0 Å². The number of rotatable bonds is 7. The number of benzene rings is 3. The molecule has 30 heavy (non-hydrogen) atoms. The molecule has 0 bridgehead atoms. The van der Waals surface area contributed by atoms with Crippen molar-refractivity contribution in [2.24, 2.45) is 0 Å². The van der Waals surface area contributed by atoms with Crippen molar-refractivity contribution in [3.8, 4) is 0 Å². The first-order valence-electron chi connectivity index (χ1n) is 10.5. The summed E-state index contributed by atoms with van der Waals surface area (Å²) >= 11 is 0. The summed E-state index contributed by atoms with van der Waals surface area (Å²) in [6, 6.07) is 21.4. The molecule has 0 saturated carbocycles. The van der Waals surface area contributed by atoms with Gasteiger partial charge in [-0.25, -0.2) is 0 Å². The van der Waals surface area contributed by atoms with E-state index in [1.54, 1.807) is 0 Å². The Morgan fingerprint density at radius 3 is 2.00 bits per heavy atom. The molecule has 0 spiro atoms. The molecule has 0 atom stereocenters. The van der Waals surface area contributed by atoms with Crippen molar-refractivity contribution in [1.29, 1.82) is 0 Å². The van der Waals surface area contributed by atoms with E-state index in [2.05, 4.69) is 124 Å². The van der Waals surface area contributed by atoms with Gasteiger partial charge in [0.1, 0.15) is 0 Å². The van der Waals surface area contributed by atoms with Gasteiger partial charge in [0.2, 0.25) is 0 Å². The highest BCUT2D eigenvalue weighted by molar-refractivity contribution is 5.84. The lowest BCUT2D eigenvalue weighted by Crippen LogP contribution is -1.92. The van der Waals surface area contributed by atoms with Gasteiger partial charge in [-0.3, -0.25) is 0 Å². The molecule has 0 radical (unpaired) electrons. The molecule has 0 fully saturated rings. The lowest BCUT2D eigenvalue weighted by molar-refractivity contribution is 1.22. The maximum atomic E-state index is 4.11.